The molecule has 1 atom stereocenters. The first-order valence-corrected chi connectivity index (χ1v) is 9.62. The molecule has 0 heterocycles. The normalized spacial score (nSPS) is 12.7. The first-order valence-electron chi connectivity index (χ1n) is 9.62. The Labute approximate surface area is 143 Å². The van der Waals surface area contributed by atoms with Crippen molar-refractivity contribution in [3.8, 4) is 0 Å². The molecule has 1 unspecified atom stereocenters. The van der Waals surface area contributed by atoms with Crippen LogP contribution in [-0.2, 0) is 9.53 Å². The second-order valence-corrected chi connectivity index (χ2v) is 6.60. The number of hydrogen-bond donors (Lipinski definition) is 1. The van der Waals surface area contributed by atoms with Crippen molar-refractivity contribution < 1.29 is 14.6 Å². The van der Waals surface area contributed by atoms with Crippen LogP contribution in [0.3, 0.4) is 0 Å². The molecule has 3 nitrogen and oxygen atoms in total. The van der Waals surface area contributed by atoms with E-state index in [1.165, 1.54) is 57.8 Å². The van der Waals surface area contributed by atoms with E-state index in [0.717, 1.165) is 12.8 Å². The zero-order valence-electron chi connectivity index (χ0n) is 15.4. The summed E-state index contributed by atoms with van der Waals surface area (Å²) in [6.45, 7) is 4.52. The number of esters is 1. The average molecular weight is 327 g/mol. The third kappa shape index (κ3) is 17.4. The van der Waals surface area contributed by atoms with Crippen LogP contribution >= 0.6 is 0 Å². The monoisotopic (exact) mass is 326 g/mol. The SMILES string of the molecule is CCCCCC/C=C/CCCCCCCC(=O)OCC(C)CO. The topological polar surface area (TPSA) is 46.5 Å². The molecule has 0 amide bonds. The van der Waals surface area contributed by atoms with E-state index >= 15 is 0 Å². The predicted molar refractivity (Wildman–Crippen MR) is 97.4 cm³/mol. The number of ether oxygens (including phenoxy) is 1. The van der Waals surface area contributed by atoms with Crippen molar-refractivity contribution in [3.63, 3.8) is 0 Å². The minimum absolute atomic E-state index is 0.0404. The van der Waals surface area contributed by atoms with E-state index in [4.69, 9.17) is 9.84 Å². The number of aliphatic hydroxyl groups is 1. The highest BCUT2D eigenvalue weighted by molar-refractivity contribution is 5.69. The van der Waals surface area contributed by atoms with Crippen LogP contribution in [0.25, 0.3) is 0 Å². The summed E-state index contributed by atoms with van der Waals surface area (Å²) in [4.78, 5) is 11.5. The molecule has 23 heavy (non-hydrogen) atoms. The Morgan fingerprint density at radius 1 is 0.957 bits per heavy atom. The van der Waals surface area contributed by atoms with E-state index in [9.17, 15) is 4.79 Å². The Morgan fingerprint density at radius 3 is 2.13 bits per heavy atom. The number of carbonyl (C=O) groups excluding carboxylic acids is 1. The molecular formula is C20H38O3. The molecule has 0 fully saturated rings. The number of rotatable bonds is 16. The van der Waals surface area contributed by atoms with Gasteiger partial charge in [0, 0.05) is 18.9 Å². The standard InChI is InChI=1S/C20H38O3/c1-3-4-5-6-7-8-9-10-11-12-13-14-15-16-20(22)23-18-19(2)17-21/h8-9,19,21H,3-7,10-18H2,1-2H3/b9-8+. The molecule has 0 spiro atoms. The van der Waals surface area contributed by atoms with Crippen molar-refractivity contribution in [1.82, 2.24) is 0 Å². The van der Waals surface area contributed by atoms with Crippen LogP contribution in [0.15, 0.2) is 12.2 Å². The molecular weight excluding hydrogens is 288 g/mol. The lowest BCUT2D eigenvalue weighted by Crippen LogP contribution is -2.14. The number of hydrogen-bond acceptors (Lipinski definition) is 3. The van der Waals surface area contributed by atoms with Crippen LogP contribution in [0.1, 0.15) is 90.9 Å². The second kappa shape index (κ2) is 17.5. The van der Waals surface area contributed by atoms with Gasteiger partial charge < -0.3 is 9.84 Å². The number of allylic oxidation sites excluding steroid dienone is 2. The molecule has 0 rings (SSSR count). The second-order valence-electron chi connectivity index (χ2n) is 6.60. The van der Waals surface area contributed by atoms with Gasteiger partial charge in [-0.3, -0.25) is 4.79 Å². The van der Waals surface area contributed by atoms with Gasteiger partial charge in [0.15, 0.2) is 0 Å². The Hall–Kier alpha value is -0.830. The fraction of sp³-hybridized carbons (Fsp3) is 0.850. The van der Waals surface area contributed by atoms with Crippen LogP contribution in [0.2, 0.25) is 0 Å². The third-order valence-corrected chi connectivity index (χ3v) is 3.98. The Balaban J connectivity index is 3.24. The zero-order chi connectivity index (χ0) is 17.2. The lowest BCUT2D eigenvalue weighted by molar-refractivity contribution is -0.145. The minimum atomic E-state index is -0.128. The average Bonchev–Trinajstić information content (AvgIpc) is 2.56. The van der Waals surface area contributed by atoms with Crippen LogP contribution in [0, 0.1) is 5.92 Å². The molecule has 1 N–H and O–H groups in total. The summed E-state index contributed by atoms with van der Waals surface area (Å²) < 4.78 is 5.09. The van der Waals surface area contributed by atoms with Gasteiger partial charge in [-0.2, -0.15) is 0 Å². The van der Waals surface area contributed by atoms with E-state index in [2.05, 4.69) is 19.1 Å². The highest BCUT2D eigenvalue weighted by Crippen LogP contribution is 2.09. The molecule has 0 aliphatic rings. The molecule has 3 heteroatoms. The molecule has 0 aromatic rings. The minimum Gasteiger partial charge on any atom is -0.465 e. The van der Waals surface area contributed by atoms with E-state index in [1.807, 2.05) is 6.92 Å². The summed E-state index contributed by atoms with van der Waals surface area (Å²) in [5.74, 6) is -0.0880. The predicted octanol–water partition coefficient (Wildman–Crippen LogP) is 5.42. The Morgan fingerprint density at radius 2 is 1.52 bits per heavy atom. The van der Waals surface area contributed by atoms with E-state index < -0.39 is 0 Å². The summed E-state index contributed by atoms with van der Waals surface area (Å²) in [7, 11) is 0. The smallest absolute Gasteiger partial charge is 0.305 e. The zero-order valence-corrected chi connectivity index (χ0v) is 15.4. The first kappa shape index (κ1) is 22.2. The van der Waals surface area contributed by atoms with Gasteiger partial charge in [-0.1, -0.05) is 64.5 Å². The van der Waals surface area contributed by atoms with Crippen molar-refractivity contribution in [2.75, 3.05) is 13.2 Å². The van der Waals surface area contributed by atoms with Gasteiger partial charge in [0.05, 0.1) is 6.61 Å². The third-order valence-electron chi connectivity index (χ3n) is 3.98. The molecule has 0 aliphatic heterocycles. The highest BCUT2D eigenvalue weighted by atomic mass is 16.5. The van der Waals surface area contributed by atoms with Crippen LogP contribution in [0.4, 0.5) is 0 Å². The molecule has 0 bridgehead atoms. The first-order chi connectivity index (χ1) is 11.2. The highest BCUT2D eigenvalue weighted by Gasteiger charge is 2.06. The summed E-state index contributed by atoms with van der Waals surface area (Å²) in [6, 6.07) is 0. The number of unbranched alkanes of at least 4 members (excludes halogenated alkanes) is 9. The molecule has 136 valence electrons. The van der Waals surface area contributed by atoms with Gasteiger partial charge in [-0.15, -0.1) is 0 Å². The van der Waals surface area contributed by atoms with E-state index in [-0.39, 0.29) is 18.5 Å². The van der Waals surface area contributed by atoms with Crippen molar-refractivity contribution >= 4 is 5.97 Å². The maximum atomic E-state index is 11.5. The van der Waals surface area contributed by atoms with Gasteiger partial charge in [-0.25, -0.2) is 0 Å². The van der Waals surface area contributed by atoms with E-state index in [1.54, 1.807) is 0 Å². The number of carbonyl (C=O) groups is 1. The van der Waals surface area contributed by atoms with Gasteiger partial charge >= 0.3 is 5.97 Å². The molecule has 0 aliphatic carbocycles. The summed E-state index contributed by atoms with van der Waals surface area (Å²) in [5, 5.41) is 8.85. The van der Waals surface area contributed by atoms with E-state index in [0.29, 0.717) is 13.0 Å². The van der Waals surface area contributed by atoms with Crippen LogP contribution in [0.5, 0.6) is 0 Å². The van der Waals surface area contributed by atoms with Gasteiger partial charge in [0.2, 0.25) is 0 Å². The number of aliphatic hydroxyl groups excluding tert-OH is 1. The lowest BCUT2D eigenvalue weighted by atomic mass is 10.1. The van der Waals surface area contributed by atoms with Crippen molar-refractivity contribution in [1.29, 1.82) is 0 Å². The van der Waals surface area contributed by atoms with Gasteiger partial charge in [-0.05, 0) is 32.1 Å². The Bertz CT molecular complexity index is 287. The fourth-order valence-corrected chi connectivity index (χ4v) is 2.35. The van der Waals surface area contributed by atoms with Crippen LogP contribution < -0.4 is 0 Å². The quantitative estimate of drug-likeness (QED) is 0.234. The largest absolute Gasteiger partial charge is 0.465 e. The van der Waals surface area contributed by atoms with Gasteiger partial charge in [0.1, 0.15) is 0 Å². The maximum absolute atomic E-state index is 11.5. The molecule has 0 saturated heterocycles. The van der Waals surface area contributed by atoms with Crippen molar-refractivity contribution in [2.45, 2.75) is 90.9 Å². The fourth-order valence-electron chi connectivity index (χ4n) is 2.35. The molecule has 0 aromatic heterocycles. The van der Waals surface area contributed by atoms with Gasteiger partial charge in [0.25, 0.3) is 0 Å². The Kier molecular flexibility index (Phi) is 16.9. The molecule has 0 radical (unpaired) electrons. The molecule has 0 saturated carbocycles. The summed E-state index contributed by atoms with van der Waals surface area (Å²) >= 11 is 0. The lowest BCUT2D eigenvalue weighted by Gasteiger charge is -2.08. The summed E-state index contributed by atoms with van der Waals surface area (Å²) in [5.41, 5.74) is 0. The molecule has 0 aromatic carbocycles. The van der Waals surface area contributed by atoms with Crippen molar-refractivity contribution in [3.05, 3.63) is 12.2 Å². The van der Waals surface area contributed by atoms with Crippen LogP contribution in [-0.4, -0.2) is 24.3 Å². The maximum Gasteiger partial charge on any atom is 0.305 e. The summed E-state index contributed by atoms with van der Waals surface area (Å²) in [6.07, 6.45) is 18.7. The van der Waals surface area contributed by atoms with Crippen molar-refractivity contribution in [2.24, 2.45) is 5.92 Å².